The first-order valence-corrected chi connectivity index (χ1v) is 7.87. The molecule has 3 aromatic rings. The second-order valence-electron chi connectivity index (χ2n) is 4.91. The van der Waals surface area contributed by atoms with Gasteiger partial charge in [-0.05, 0) is 12.5 Å². The molecule has 1 N–H and O–H groups in total. The molecule has 0 aliphatic carbocycles. The predicted octanol–water partition coefficient (Wildman–Crippen LogP) is 2.27. The summed E-state index contributed by atoms with van der Waals surface area (Å²) in [6.45, 7) is 3.40. The van der Waals surface area contributed by atoms with Crippen LogP contribution in [0.1, 0.15) is 18.9 Å². The Balaban J connectivity index is 1.97. The summed E-state index contributed by atoms with van der Waals surface area (Å²) in [5.74, 6) is 0.264. The minimum atomic E-state index is -0.188. The van der Waals surface area contributed by atoms with Gasteiger partial charge in [0.05, 0.1) is 0 Å². The van der Waals surface area contributed by atoms with E-state index in [1.165, 1.54) is 28.1 Å². The minimum Gasteiger partial charge on any atom is -0.508 e. The fraction of sp³-hybridized carbons (Fsp3) is 0.267. The Hall–Kier alpha value is -2.41. The average Bonchev–Trinajstić information content (AvgIpc) is 2.94. The highest BCUT2D eigenvalue weighted by Crippen LogP contribution is 2.25. The second-order valence-corrected chi connectivity index (χ2v) is 5.85. The smallest absolute Gasteiger partial charge is 0.275 e. The molecule has 0 fully saturated rings. The number of hydrogen-bond acceptors (Lipinski definition) is 6. The largest absolute Gasteiger partial charge is 0.508 e. The van der Waals surface area contributed by atoms with Gasteiger partial charge >= 0.3 is 0 Å². The van der Waals surface area contributed by atoms with Crippen LogP contribution in [-0.2, 0) is 6.54 Å². The minimum absolute atomic E-state index is 0.188. The predicted molar refractivity (Wildman–Crippen MR) is 86.6 cm³/mol. The van der Waals surface area contributed by atoms with E-state index in [1.54, 1.807) is 12.1 Å². The standard InChI is InChI=1S/C15H16N4O2S/c1-2-9-18(10-11-5-3-4-6-12(11)20)15-17-19-13(21)7-8-16-14(19)22-15/h3-8,20H,2,9-10H2,1H3. The molecule has 3 rings (SSSR count). The molecule has 2 heterocycles. The van der Waals surface area contributed by atoms with E-state index >= 15 is 0 Å². The lowest BCUT2D eigenvalue weighted by molar-refractivity contribution is 0.467. The molecule has 0 spiro atoms. The van der Waals surface area contributed by atoms with Crippen LogP contribution in [0, 0.1) is 0 Å². The summed E-state index contributed by atoms with van der Waals surface area (Å²) in [6.07, 6.45) is 2.43. The molecule has 7 heteroatoms. The summed E-state index contributed by atoms with van der Waals surface area (Å²) in [5, 5.41) is 15.0. The molecule has 6 nitrogen and oxygen atoms in total. The van der Waals surface area contributed by atoms with E-state index in [0.29, 0.717) is 11.5 Å². The van der Waals surface area contributed by atoms with Gasteiger partial charge in [0.25, 0.3) is 5.56 Å². The van der Waals surface area contributed by atoms with Crippen molar-refractivity contribution in [1.82, 2.24) is 14.6 Å². The van der Waals surface area contributed by atoms with Crippen LogP contribution in [0.15, 0.2) is 41.3 Å². The van der Waals surface area contributed by atoms with E-state index in [-0.39, 0.29) is 11.3 Å². The number of phenols is 1. The molecular formula is C15H16N4O2S. The quantitative estimate of drug-likeness (QED) is 0.782. The highest BCUT2D eigenvalue weighted by Gasteiger charge is 2.15. The number of rotatable bonds is 5. The third-order valence-corrected chi connectivity index (χ3v) is 4.26. The van der Waals surface area contributed by atoms with Crippen molar-refractivity contribution in [2.75, 3.05) is 11.4 Å². The van der Waals surface area contributed by atoms with Gasteiger partial charge in [0, 0.05) is 30.9 Å². The first-order chi connectivity index (χ1) is 10.7. The Bertz CT molecular complexity index is 843. The van der Waals surface area contributed by atoms with Gasteiger partial charge in [-0.3, -0.25) is 4.79 Å². The van der Waals surface area contributed by atoms with Crippen molar-refractivity contribution >= 4 is 21.4 Å². The molecule has 0 saturated carbocycles. The van der Waals surface area contributed by atoms with Crippen LogP contribution in [0.4, 0.5) is 5.13 Å². The normalized spacial score (nSPS) is 11.0. The van der Waals surface area contributed by atoms with Crippen molar-refractivity contribution in [1.29, 1.82) is 0 Å². The molecule has 0 aliphatic heterocycles. The van der Waals surface area contributed by atoms with Gasteiger partial charge in [-0.2, -0.15) is 4.52 Å². The summed E-state index contributed by atoms with van der Waals surface area (Å²) in [7, 11) is 0. The number of anilines is 1. The van der Waals surface area contributed by atoms with Crippen molar-refractivity contribution in [3.05, 3.63) is 52.4 Å². The van der Waals surface area contributed by atoms with Gasteiger partial charge in [-0.1, -0.05) is 36.5 Å². The lowest BCUT2D eigenvalue weighted by Crippen LogP contribution is -2.24. The maximum atomic E-state index is 11.8. The van der Waals surface area contributed by atoms with Crippen LogP contribution in [0.2, 0.25) is 0 Å². The molecule has 1 aromatic carbocycles. The van der Waals surface area contributed by atoms with Crippen LogP contribution < -0.4 is 10.5 Å². The maximum Gasteiger partial charge on any atom is 0.275 e. The number of phenolic OH excluding ortho intramolecular Hbond substituents is 1. The molecule has 2 aromatic heterocycles. The van der Waals surface area contributed by atoms with Crippen LogP contribution >= 0.6 is 11.3 Å². The van der Waals surface area contributed by atoms with Gasteiger partial charge in [0.1, 0.15) is 5.75 Å². The zero-order chi connectivity index (χ0) is 15.5. The van der Waals surface area contributed by atoms with E-state index in [2.05, 4.69) is 17.0 Å². The fourth-order valence-electron chi connectivity index (χ4n) is 2.22. The van der Waals surface area contributed by atoms with Gasteiger partial charge in [0.2, 0.25) is 10.1 Å². The van der Waals surface area contributed by atoms with E-state index in [1.807, 2.05) is 17.0 Å². The number of fused-ring (bicyclic) bond motifs is 1. The van der Waals surface area contributed by atoms with Crippen molar-refractivity contribution in [2.45, 2.75) is 19.9 Å². The first-order valence-electron chi connectivity index (χ1n) is 7.05. The molecule has 0 radical (unpaired) electrons. The maximum absolute atomic E-state index is 11.8. The molecule has 0 unspecified atom stereocenters. The Labute approximate surface area is 131 Å². The Morgan fingerprint density at radius 3 is 2.86 bits per heavy atom. The van der Waals surface area contributed by atoms with Crippen LogP contribution in [0.3, 0.4) is 0 Å². The van der Waals surface area contributed by atoms with Crippen LogP contribution in [0.5, 0.6) is 5.75 Å². The van der Waals surface area contributed by atoms with Crippen LogP contribution in [-0.4, -0.2) is 26.2 Å². The lowest BCUT2D eigenvalue weighted by Gasteiger charge is -2.21. The van der Waals surface area contributed by atoms with E-state index in [9.17, 15) is 9.90 Å². The van der Waals surface area contributed by atoms with Gasteiger partial charge < -0.3 is 10.0 Å². The monoisotopic (exact) mass is 316 g/mol. The van der Waals surface area contributed by atoms with Crippen molar-refractivity contribution < 1.29 is 5.11 Å². The number of para-hydroxylation sites is 1. The molecule has 0 atom stereocenters. The number of nitrogens with zero attached hydrogens (tertiary/aromatic N) is 4. The molecule has 0 saturated heterocycles. The zero-order valence-electron chi connectivity index (χ0n) is 12.1. The van der Waals surface area contributed by atoms with E-state index in [0.717, 1.165) is 23.7 Å². The topological polar surface area (TPSA) is 70.7 Å². The van der Waals surface area contributed by atoms with Crippen molar-refractivity contribution in [2.24, 2.45) is 0 Å². The molecule has 0 bridgehead atoms. The van der Waals surface area contributed by atoms with Gasteiger partial charge in [-0.15, -0.1) is 5.10 Å². The first kappa shape index (κ1) is 14.5. The number of aromatic nitrogens is 3. The summed E-state index contributed by atoms with van der Waals surface area (Å²) < 4.78 is 1.31. The van der Waals surface area contributed by atoms with Crippen LogP contribution in [0.25, 0.3) is 4.96 Å². The SMILES string of the molecule is CCCN(Cc1ccccc1O)c1nn2c(=O)ccnc2s1. The Morgan fingerprint density at radius 1 is 1.32 bits per heavy atom. The number of benzene rings is 1. The van der Waals surface area contributed by atoms with Gasteiger partial charge in [0.15, 0.2) is 0 Å². The molecule has 0 aliphatic rings. The highest BCUT2D eigenvalue weighted by molar-refractivity contribution is 7.20. The van der Waals surface area contributed by atoms with E-state index < -0.39 is 0 Å². The number of hydrogen-bond donors (Lipinski definition) is 1. The van der Waals surface area contributed by atoms with Crippen molar-refractivity contribution in [3.8, 4) is 5.75 Å². The molecular weight excluding hydrogens is 300 g/mol. The van der Waals surface area contributed by atoms with Gasteiger partial charge in [-0.25, -0.2) is 4.98 Å². The Kier molecular flexibility index (Phi) is 4.06. The molecule has 0 amide bonds. The molecule has 114 valence electrons. The third kappa shape index (κ3) is 2.80. The average molecular weight is 316 g/mol. The molecule has 22 heavy (non-hydrogen) atoms. The second kappa shape index (κ2) is 6.15. The summed E-state index contributed by atoms with van der Waals surface area (Å²) >= 11 is 1.37. The number of aromatic hydroxyl groups is 1. The summed E-state index contributed by atoms with van der Waals surface area (Å²) in [5.41, 5.74) is 0.641. The lowest BCUT2D eigenvalue weighted by atomic mass is 10.2. The van der Waals surface area contributed by atoms with E-state index in [4.69, 9.17) is 0 Å². The summed E-state index contributed by atoms with van der Waals surface area (Å²) in [4.78, 5) is 18.6. The zero-order valence-corrected chi connectivity index (χ0v) is 13.0. The third-order valence-electron chi connectivity index (χ3n) is 3.28. The van der Waals surface area contributed by atoms with Crippen molar-refractivity contribution in [3.63, 3.8) is 0 Å². The fourth-order valence-corrected chi connectivity index (χ4v) is 3.13. The highest BCUT2D eigenvalue weighted by atomic mass is 32.1. The Morgan fingerprint density at radius 2 is 2.14 bits per heavy atom. The summed E-state index contributed by atoms with van der Waals surface area (Å²) in [6, 6.07) is 8.64.